The van der Waals surface area contributed by atoms with Crippen LogP contribution in [-0.2, 0) is 12.8 Å². The largest absolute Gasteiger partial charge is 0.241 e. The topological polar surface area (TPSA) is 12.4 Å². The third-order valence-electron chi connectivity index (χ3n) is 11.0. The van der Waals surface area contributed by atoms with E-state index in [4.69, 9.17) is 4.99 Å². The van der Waals surface area contributed by atoms with Gasteiger partial charge >= 0.3 is 0 Å². The average Bonchev–Trinajstić information content (AvgIpc) is 3.86. The van der Waals surface area contributed by atoms with Gasteiger partial charge in [-0.25, -0.2) is 4.99 Å². The number of nitrogens with zero attached hydrogens (tertiary/aromatic N) is 1. The first-order chi connectivity index (χ1) is 26.2. The van der Waals surface area contributed by atoms with Crippen LogP contribution >= 0.6 is 34.0 Å². The van der Waals surface area contributed by atoms with Crippen molar-refractivity contribution in [3.63, 3.8) is 0 Å². The monoisotopic (exact) mass is 731 g/mol. The van der Waals surface area contributed by atoms with Gasteiger partial charge in [-0.2, -0.15) is 0 Å². The van der Waals surface area contributed by atoms with Crippen molar-refractivity contribution in [3.8, 4) is 11.1 Å². The van der Waals surface area contributed by atoms with E-state index in [2.05, 4.69) is 153 Å². The first kappa shape index (κ1) is 31.2. The SMILES string of the molecule is Cc1ccccc1-c1cc2c(cc1CC1=N/c3sc4ccccc4c3CC/C=C\1c1cccc3c1sc1ccccc13)sc1ccc3ccccc3c12. The van der Waals surface area contributed by atoms with Crippen LogP contribution in [0.2, 0.25) is 0 Å². The Morgan fingerprint density at radius 2 is 1.28 bits per heavy atom. The van der Waals surface area contributed by atoms with Gasteiger partial charge < -0.3 is 0 Å². The van der Waals surface area contributed by atoms with Crippen LogP contribution in [0.1, 0.15) is 28.7 Å². The van der Waals surface area contributed by atoms with E-state index in [1.807, 2.05) is 34.0 Å². The minimum absolute atomic E-state index is 0.732. The Hall–Kier alpha value is -5.39. The van der Waals surface area contributed by atoms with E-state index >= 15 is 0 Å². The molecule has 0 bridgehead atoms. The van der Waals surface area contributed by atoms with Crippen molar-refractivity contribution < 1.29 is 0 Å². The van der Waals surface area contributed by atoms with Gasteiger partial charge in [0.2, 0.25) is 0 Å². The molecule has 0 atom stereocenters. The van der Waals surface area contributed by atoms with Crippen LogP contribution in [0.4, 0.5) is 5.00 Å². The Morgan fingerprint density at radius 3 is 2.17 bits per heavy atom. The molecule has 4 heteroatoms. The molecule has 0 aliphatic carbocycles. The summed E-state index contributed by atoms with van der Waals surface area (Å²) in [7, 11) is 0. The fourth-order valence-electron chi connectivity index (χ4n) is 8.53. The lowest BCUT2D eigenvalue weighted by molar-refractivity contribution is 1.01. The molecule has 0 fully saturated rings. The van der Waals surface area contributed by atoms with Crippen molar-refractivity contribution in [3.05, 3.63) is 168 Å². The van der Waals surface area contributed by atoms with Crippen LogP contribution in [0.15, 0.2) is 151 Å². The smallest absolute Gasteiger partial charge is 0.120 e. The Bertz CT molecular complexity index is 3170. The van der Waals surface area contributed by atoms with Gasteiger partial charge in [0, 0.05) is 62.6 Å². The predicted molar refractivity (Wildman–Crippen MR) is 235 cm³/mol. The lowest BCUT2D eigenvalue weighted by Crippen LogP contribution is -2.09. The quantitative estimate of drug-likeness (QED) is 0.171. The zero-order valence-corrected chi connectivity index (χ0v) is 31.6. The highest BCUT2D eigenvalue weighted by Gasteiger charge is 2.23. The maximum Gasteiger partial charge on any atom is 0.120 e. The molecule has 0 unspecified atom stereocenters. The number of hydrogen-bond donors (Lipinski definition) is 0. The standard InChI is InChI=1S/C49H33NS3/c1-29-12-2-4-14-32(29)40-28-41-46(51-45-25-24-30-13-3-5-15-33(30)47(41)45)27-31(40)26-42-34(18-10-21-39-36-17-7-9-23-44(36)53-49(39)50-42)37-19-11-20-38-35-16-6-8-22-43(35)52-48(37)38/h2-9,11-20,22-25,27-28H,10,21,26H2,1H3/b34-18-,50-42-. The highest BCUT2D eigenvalue weighted by molar-refractivity contribution is 7.26. The fraction of sp³-hybridized carbons (Fsp3) is 0.0816. The van der Waals surface area contributed by atoms with Gasteiger partial charge in [0.1, 0.15) is 5.00 Å². The molecular formula is C49H33NS3. The van der Waals surface area contributed by atoms with E-state index < -0.39 is 0 Å². The number of rotatable bonds is 4. The first-order valence-corrected chi connectivity index (χ1v) is 20.7. The Labute approximate surface area is 319 Å². The van der Waals surface area contributed by atoms with Crippen LogP contribution in [0.5, 0.6) is 0 Å². The third kappa shape index (κ3) is 5.04. The summed E-state index contributed by atoms with van der Waals surface area (Å²) < 4.78 is 6.65. The molecule has 0 saturated heterocycles. The second kappa shape index (κ2) is 12.3. The van der Waals surface area contributed by atoms with Crippen LogP contribution in [0.3, 0.4) is 0 Å². The lowest BCUT2D eigenvalue weighted by atomic mass is 9.88. The first-order valence-electron chi connectivity index (χ1n) is 18.3. The Balaban J connectivity index is 1.17. The van der Waals surface area contributed by atoms with Crippen molar-refractivity contribution in [1.29, 1.82) is 0 Å². The lowest BCUT2D eigenvalue weighted by Gasteiger charge is -2.19. The molecule has 7 aromatic carbocycles. The third-order valence-corrected chi connectivity index (χ3v) is 14.5. The van der Waals surface area contributed by atoms with Crippen molar-refractivity contribution in [1.82, 2.24) is 0 Å². The highest BCUT2D eigenvalue weighted by atomic mass is 32.1. The summed E-state index contributed by atoms with van der Waals surface area (Å²) in [5.41, 5.74) is 10.3. The Kier molecular flexibility index (Phi) is 7.26. The summed E-state index contributed by atoms with van der Waals surface area (Å²) in [4.78, 5) is 5.75. The molecule has 53 heavy (non-hydrogen) atoms. The fourth-order valence-corrected chi connectivity index (χ4v) is 12.1. The Morgan fingerprint density at radius 1 is 0.547 bits per heavy atom. The number of hydrogen-bond acceptors (Lipinski definition) is 4. The molecule has 10 aromatic rings. The molecule has 0 N–H and O–H groups in total. The summed E-state index contributed by atoms with van der Waals surface area (Å²) in [5, 5.41) is 10.5. The van der Waals surface area contributed by atoms with E-state index in [-0.39, 0.29) is 0 Å². The second-order valence-corrected chi connectivity index (χ2v) is 17.3. The van der Waals surface area contributed by atoms with Crippen LogP contribution in [-0.4, -0.2) is 5.71 Å². The van der Waals surface area contributed by atoms with Crippen molar-refractivity contribution in [2.45, 2.75) is 26.2 Å². The maximum absolute atomic E-state index is 5.75. The van der Waals surface area contributed by atoms with Crippen LogP contribution < -0.4 is 0 Å². The number of allylic oxidation sites excluding steroid dienone is 2. The highest BCUT2D eigenvalue weighted by Crippen LogP contribution is 2.46. The summed E-state index contributed by atoms with van der Waals surface area (Å²) in [6, 6.07) is 51.8. The van der Waals surface area contributed by atoms with Crippen LogP contribution in [0, 0.1) is 6.92 Å². The van der Waals surface area contributed by atoms with E-state index in [1.54, 1.807) is 0 Å². The van der Waals surface area contributed by atoms with E-state index in [0.717, 1.165) is 30.0 Å². The average molecular weight is 732 g/mol. The molecule has 1 nitrogen and oxygen atoms in total. The van der Waals surface area contributed by atoms with Crippen LogP contribution in [0.25, 0.3) is 77.9 Å². The minimum atomic E-state index is 0.732. The number of aryl methyl sites for hydroxylation is 2. The summed E-state index contributed by atoms with van der Waals surface area (Å²) >= 11 is 5.66. The van der Waals surface area contributed by atoms with Gasteiger partial charge in [-0.05, 0) is 94.1 Å². The van der Waals surface area contributed by atoms with Crippen molar-refractivity contribution in [2.75, 3.05) is 0 Å². The van der Waals surface area contributed by atoms with E-state index in [1.165, 1.54) is 100 Å². The molecule has 0 spiro atoms. The predicted octanol–water partition coefficient (Wildman–Crippen LogP) is 15.1. The zero-order valence-electron chi connectivity index (χ0n) is 29.1. The zero-order chi connectivity index (χ0) is 35.0. The molecule has 0 radical (unpaired) electrons. The van der Waals surface area contributed by atoms with Crippen molar-refractivity contribution >= 4 is 111 Å². The van der Waals surface area contributed by atoms with E-state index in [9.17, 15) is 0 Å². The van der Waals surface area contributed by atoms with Gasteiger partial charge in [-0.15, -0.1) is 34.0 Å². The van der Waals surface area contributed by atoms with Gasteiger partial charge in [0.05, 0.1) is 5.71 Å². The maximum atomic E-state index is 5.75. The molecular weight excluding hydrogens is 699 g/mol. The summed E-state index contributed by atoms with van der Waals surface area (Å²) in [6.07, 6.45) is 5.18. The second-order valence-electron chi connectivity index (χ2n) is 14.1. The number of benzene rings is 7. The van der Waals surface area contributed by atoms with Crippen molar-refractivity contribution in [2.24, 2.45) is 4.99 Å². The number of fused-ring (bicyclic) bond motifs is 11. The number of aliphatic imine (C=N–C) groups is 1. The van der Waals surface area contributed by atoms with Gasteiger partial charge in [-0.3, -0.25) is 0 Å². The van der Waals surface area contributed by atoms with Gasteiger partial charge in [0.15, 0.2) is 0 Å². The molecule has 1 aliphatic rings. The summed E-state index contributed by atoms with van der Waals surface area (Å²) in [5.74, 6) is 0. The molecule has 11 rings (SSSR count). The molecule has 4 heterocycles. The minimum Gasteiger partial charge on any atom is -0.241 e. The molecule has 3 aromatic heterocycles. The molecule has 0 amide bonds. The normalized spacial score (nSPS) is 15.5. The van der Waals surface area contributed by atoms with E-state index in [0.29, 0.717) is 0 Å². The number of thiophene rings is 3. The molecule has 0 saturated carbocycles. The molecule has 252 valence electrons. The molecule has 1 aliphatic heterocycles. The summed E-state index contributed by atoms with van der Waals surface area (Å²) in [6.45, 7) is 2.24. The van der Waals surface area contributed by atoms with Gasteiger partial charge in [-0.1, -0.05) is 115 Å². The van der Waals surface area contributed by atoms with Gasteiger partial charge in [0.25, 0.3) is 0 Å².